The number of amides is 1. The molecule has 1 amide bonds. The van der Waals surface area contributed by atoms with E-state index in [4.69, 9.17) is 4.98 Å². The fourth-order valence-electron chi connectivity index (χ4n) is 3.22. The van der Waals surface area contributed by atoms with Gasteiger partial charge in [-0.1, -0.05) is 18.2 Å². The van der Waals surface area contributed by atoms with Crippen LogP contribution in [0.5, 0.6) is 0 Å². The molecule has 2 aliphatic rings. The first-order valence-corrected chi connectivity index (χ1v) is 8.29. The highest BCUT2D eigenvalue weighted by atomic mass is 35.5. The largest absolute Gasteiger partial charge is 0.391 e. The number of pyridine rings is 1. The summed E-state index contributed by atoms with van der Waals surface area (Å²) >= 11 is 0. The first kappa shape index (κ1) is 19.9. The summed E-state index contributed by atoms with van der Waals surface area (Å²) in [5.74, 6) is 0.506. The van der Waals surface area contributed by atoms with E-state index in [9.17, 15) is 9.90 Å². The maximum absolute atomic E-state index is 12.7. The van der Waals surface area contributed by atoms with Crippen molar-refractivity contribution in [2.24, 2.45) is 5.92 Å². The molecule has 1 aromatic heterocycles. The minimum absolute atomic E-state index is 0. The molecule has 1 saturated carbocycles. The summed E-state index contributed by atoms with van der Waals surface area (Å²) in [5.41, 5.74) is 2.60. The highest BCUT2D eigenvalue weighted by molar-refractivity contribution is 6.06. The summed E-state index contributed by atoms with van der Waals surface area (Å²) in [6, 6.07) is 9.73. The summed E-state index contributed by atoms with van der Waals surface area (Å²) in [7, 11) is 0. The van der Waals surface area contributed by atoms with Crippen LogP contribution in [-0.2, 0) is 0 Å². The quantitative estimate of drug-likeness (QED) is 0.756. The first-order chi connectivity index (χ1) is 11.2. The Bertz CT molecular complexity index is 752. The van der Waals surface area contributed by atoms with Crippen LogP contribution >= 0.6 is 24.8 Å². The third kappa shape index (κ3) is 4.23. The van der Waals surface area contributed by atoms with Crippen LogP contribution in [0.4, 0.5) is 0 Å². The number of aliphatic hydroxyl groups excluding tert-OH is 1. The van der Waals surface area contributed by atoms with Gasteiger partial charge in [-0.15, -0.1) is 24.8 Å². The second kappa shape index (κ2) is 8.32. The number of nitrogens with zero attached hydrogens (tertiary/aromatic N) is 1. The Morgan fingerprint density at radius 2 is 2.00 bits per heavy atom. The predicted molar refractivity (Wildman–Crippen MR) is 103 cm³/mol. The van der Waals surface area contributed by atoms with Crippen LogP contribution in [0.25, 0.3) is 10.9 Å². The average molecular weight is 384 g/mol. The lowest BCUT2D eigenvalue weighted by atomic mass is 10.0. The molecule has 2 aromatic rings. The molecule has 0 radical (unpaired) electrons. The van der Waals surface area contributed by atoms with Crippen molar-refractivity contribution in [3.8, 4) is 0 Å². The Kier molecular flexibility index (Phi) is 6.63. The van der Waals surface area contributed by atoms with Crippen LogP contribution in [0.3, 0.4) is 0 Å². The van der Waals surface area contributed by atoms with Crippen molar-refractivity contribution < 1.29 is 9.90 Å². The van der Waals surface area contributed by atoms with Crippen molar-refractivity contribution in [1.29, 1.82) is 0 Å². The molecule has 2 heterocycles. The van der Waals surface area contributed by atoms with Gasteiger partial charge in [-0.05, 0) is 25.0 Å². The summed E-state index contributed by atoms with van der Waals surface area (Å²) in [4.78, 5) is 17.4. The zero-order valence-corrected chi connectivity index (χ0v) is 15.4. The molecule has 7 heteroatoms. The number of fused-ring (bicyclic) bond motifs is 1. The Labute approximate surface area is 159 Å². The van der Waals surface area contributed by atoms with Crippen LogP contribution in [0.15, 0.2) is 30.3 Å². The number of β-amino-alcohol motifs (C(OH)–C–C–N with tert-alkyl or cyclic N) is 1. The van der Waals surface area contributed by atoms with Gasteiger partial charge in [0.25, 0.3) is 5.91 Å². The summed E-state index contributed by atoms with van der Waals surface area (Å²) in [6.07, 6.45) is 1.94. The van der Waals surface area contributed by atoms with Gasteiger partial charge in [0.15, 0.2) is 0 Å². The van der Waals surface area contributed by atoms with Gasteiger partial charge in [-0.25, -0.2) is 0 Å². The standard InChI is InChI=1S/C18H21N3O2.2ClH/c22-17-10-19-8-12(17)9-20-18(23)14-7-16(11-5-6-11)21-15-4-2-1-3-13(14)15;;/h1-4,7,11-12,17,19,22H,5-6,8-10H2,(H,20,23);2*1H. The smallest absolute Gasteiger partial charge is 0.252 e. The fraction of sp³-hybridized carbons (Fsp3) is 0.444. The summed E-state index contributed by atoms with van der Waals surface area (Å²) in [6.45, 7) is 1.83. The lowest BCUT2D eigenvalue weighted by Gasteiger charge is -2.15. The minimum atomic E-state index is -0.383. The number of rotatable bonds is 4. The highest BCUT2D eigenvalue weighted by Crippen LogP contribution is 2.40. The van der Waals surface area contributed by atoms with E-state index in [1.165, 1.54) is 0 Å². The zero-order chi connectivity index (χ0) is 15.8. The third-order valence-electron chi connectivity index (χ3n) is 4.81. The Balaban J connectivity index is 0.00000113. The van der Waals surface area contributed by atoms with Gasteiger partial charge in [0, 0.05) is 42.6 Å². The van der Waals surface area contributed by atoms with Gasteiger partial charge >= 0.3 is 0 Å². The molecular weight excluding hydrogens is 361 g/mol. The summed E-state index contributed by atoms with van der Waals surface area (Å²) < 4.78 is 0. The number of hydrogen-bond acceptors (Lipinski definition) is 4. The first-order valence-electron chi connectivity index (χ1n) is 8.29. The molecule has 2 fully saturated rings. The molecule has 136 valence electrons. The van der Waals surface area contributed by atoms with Crippen molar-refractivity contribution in [3.63, 3.8) is 0 Å². The van der Waals surface area contributed by atoms with E-state index in [1.54, 1.807) is 0 Å². The van der Waals surface area contributed by atoms with Crippen molar-refractivity contribution in [1.82, 2.24) is 15.6 Å². The van der Waals surface area contributed by atoms with Crippen LogP contribution in [0.1, 0.15) is 34.8 Å². The Hall–Kier alpha value is -1.40. The van der Waals surface area contributed by atoms with Gasteiger partial charge < -0.3 is 15.7 Å². The number of hydrogen-bond donors (Lipinski definition) is 3. The molecule has 4 rings (SSSR count). The maximum atomic E-state index is 12.7. The van der Waals surface area contributed by atoms with Crippen LogP contribution in [-0.4, -0.2) is 41.7 Å². The van der Waals surface area contributed by atoms with E-state index in [0.29, 0.717) is 24.6 Å². The van der Waals surface area contributed by atoms with Crippen LogP contribution < -0.4 is 10.6 Å². The predicted octanol–water partition coefficient (Wildman–Crippen LogP) is 2.27. The van der Waals surface area contributed by atoms with Gasteiger partial charge in [0.2, 0.25) is 0 Å². The SMILES string of the molecule is Cl.Cl.O=C(NCC1CNCC1O)c1cc(C2CC2)nc2ccccc12. The van der Waals surface area contributed by atoms with E-state index >= 15 is 0 Å². The lowest BCUT2D eigenvalue weighted by Crippen LogP contribution is -2.34. The number of carbonyl (C=O) groups excluding carboxylic acids is 1. The van der Waals surface area contributed by atoms with Gasteiger partial charge in [-0.3, -0.25) is 9.78 Å². The molecule has 1 aromatic carbocycles. The monoisotopic (exact) mass is 383 g/mol. The average Bonchev–Trinajstić information content (AvgIpc) is 3.34. The van der Waals surface area contributed by atoms with E-state index in [1.807, 2.05) is 30.3 Å². The molecule has 5 nitrogen and oxygen atoms in total. The molecule has 1 saturated heterocycles. The summed E-state index contributed by atoms with van der Waals surface area (Å²) in [5, 5.41) is 16.9. The minimum Gasteiger partial charge on any atom is -0.391 e. The fourth-order valence-corrected chi connectivity index (χ4v) is 3.22. The van der Waals surface area contributed by atoms with E-state index in [-0.39, 0.29) is 42.7 Å². The molecule has 1 aliphatic heterocycles. The van der Waals surface area contributed by atoms with E-state index in [2.05, 4.69) is 10.6 Å². The van der Waals surface area contributed by atoms with Gasteiger partial charge in [0.05, 0.1) is 17.2 Å². The molecule has 25 heavy (non-hydrogen) atoms. The number of halogens is 2. The molecule has 2 atom stereocenters. The van der Waals surface area contributed by atoms with Crippen molar-refractivity contribution in [2.45, 2.75) is 24.9 Å². The number of nitrogens with one attached hydrogen (secondary N) is 2. The zero-order valence-electron chi connectivity index (χ0n) is 13.8. The second-order valence-corrected chi connectivity index (χ2v) is 6.58. The number of aromatic nitrogens is 1. The molecule has 1 aliphatic carbocycles. The van der Waals surface area contributed by atoms with Crippen LogP contribution in [0.2, 0.25) is 0 Å². The van der Waals surface area contributed by atoms with Crippen molar-refractivity contribution in [3.05, 3.63) is 41.6 Å². The Morgan fingerprint density at radius 1 is 1.24 bits per heavy atom. The topological polar surface area (TPSA) is 74.2 Å². The lowest BCUT2D eigenvalue weighted by molar-refractivity contribution is 0.0928. The number of benzene rings is 1. The molecule has 2 unspecified atom stereocenters. The molecular formula is C18H23Cl2N3O2. The van der Waals surface area contributed by atoms with Gasteiger partial charge in [-0.2, -0.15) is 0 Å². The number of para-hydroxylation sites is 1. The van der Waals surface area contributed by atoms with E-state index < -0.39 is 0 Å². The maximum Gasteiger partial charge on any atom is 0.252 e. The molecule has 0 spiro atoms. The second-order valence-electron chi connectivity index (χ2n) is 6.58. The van der Waals surface area contributed by atoms with Gasteiger partial charge in [0.1, 0.15) is 0 Å². The Morgan fingerprint density at radius 3 is 2.68 bits per heavy atom. The molecule has 3 N–H and O–H groups in total. The van der Waals surface area contributed by atoms with E-state index in [0.717, 1.165) is 36.0 Å². The normalized spacial score (nSPS) is 22.1. The molecule has 0 bridgehead atoms. The van der Waals surface area contributed by atoms with Crippen molar-refractivity contribution >= 4 is 41.6 Å². The van der Waals surface area contributed by atoms with Crippen molar-refractivity contribution in [2.75, 3.05) is 19.6 Å². The number of carbonyl (C=O) groups is 1. The van der Waals surface area contributed by atoms with Crippen LogP contribution in [0, 0.1) is 5.92 Å². The third-order valence-corrected chi connectivity index (χ3v) is 4.81. The highest BCUT2D eigenvalue weighted by Gasteiger charge is 2.28. The number of aliphatic hydroxyl groups is 1.